The van der Waals surface area contributed by atoms with E-state index in [0.29, 0.717) is 11.6 Å². The molecule has 0 bridgehead atoms. The molecule has 0 radical (unpaired) electrons. The first-order valence-electron chi connectivity index (χ1n) is 6.14. The van der Waals surface area contributed by atoms with E-state index < -0.39 is 0 Å². The van der Waals surface area contributed by atoms with E-state index in [1.165, 1.54) is 19.5 Å². The minimum absolute atomic E-state index is 0.469. The van der Waals surface area contributed by atoms with E-state index in [1.54, 1.807) is 12.3 Å². The summed E-state index contributed by atoms with van der Waals surface area (Å²) in [5.74, 6) is 0.716. The molecule has 0 aromatic carbocycles. The lowest BCUT2D eigenvalue weighted by Crippen LogP contribution is -2.22. The van der Waals surface area contributed by atoms with Crippen LogP contribution in [-0.2, 0) is 0 Å². The van der Waals surface area contributed by atoms with Gasteiger partial charge in [0, 0.05) is 25.0 Å². The molecular weight excluding hydrogens is 212 g/mol. The molecule has 0 aliphatic carbocycles. The third kappa shape index (κ3) is 3.18. The summed E-state index contributed by atoms with van der Waals surface area (Å²) >= 11 is 0. The fourth-order valence-corrected chi connectivity index (χ4v) is 2.23. The Morgan fingerprint density at radius 2 is 2.53 bits per heavy atom. The Bertz CT molecular complexity index is 410. The molecule has 1 aromatic heterocycles. The van der Waals surface area contributed by atoms with E-state index in [2.05, 4.69) is 28.2 Å². The Hall–Kier alpha value is -1.60. The van der Waals surface area contributed by atoms with Gasteiger partial charge in [0.15, 0.2) is 0 Å². The van der Waals surface area contributed by atoms with Gasteiger partial charge in [-0.25, -0.2) is 4.98 Å². The van der Waals surface area contributed by atoms with E-state index in [1.807, 2.05) is 6.07 Å². The summed E-state index contributed by atoms with van der Waals surface area (Å²) in [5.41, 5.74) is 1.46. The van der Waals surface area contributed by atoms with Gasteiger partial charge in [0.25, 0.3) is 0 Å². The second-order valence-corrected chi connectivity index (χ2v) is 4.47. The molecule has 1 atom stereocenters. The molecule has 0 amide bonds. The van der Waals surface area contributed by atoms with Crippen LogP contribution < -0.4 is 5.32 Å². The lowest BCUT2D eigenvalue weighted by atomic mass is 10.1. The van der Waals surface area contributed by atoms with Crippen molar-refractivity contribution in [2.75, 3.05) is 31.5 Å². The second-order valence-electron chi connectivity index (χ2n) is 4.47. The van der Waals surface area contributed by atoms with Gasteiger partial charge in [-0.05, 0) is 37.6 Å². The van der Waals surface area contributed by atoms with Crippen molar-refractivity contribution in [1.29, 1.82) is 5.26 Å². The molecule has 1 saturated heterocycles. The van der Waals surface area contributed by atoms with Crippen molar-refractivity contribution in [2.24, 2.45) is 5.92 Å². The SMILES string of the molecule is CCN1CCC(CNc2ccnc(C#N)c2)C1. The third-order valence-electron chi connectivity index (χ3n) is 3.29. The van der Waals surface area contributed by atoms with Gasteiger partial charge in [0.2, 0.25) is 0 Å². The summed E-state index contributed by atoms with van der Waals surface area (Å²) in [5, 5.41) is 12.1. The molecule has 0 spiro atoms. The average Bonchev–Trinajstić information content (AvgIpc) is 2.84. The van der Waals surface area contributed by atoms with E-state index in [4.69, 9.17) is 5.26 Å². The maximum Gasteiger partial charge on any atom is 0.142 e. The number of hydrogen-bond acceptors (Lipinski definition) is 4. The molecule has 1 fully saturated rings. The fourth-order valence-electron chi connectivity index (χ4n) is 2.23. The van der Waals surface area contributed by atoms with Crippen LogP contribution in [-0.4, -0.2) is 36.1 Å². The molecule has 1 N–H and O–H groups in total. The third-order valence-corrected chi connectivity index (χ3v) is 3.29. The number of nitriles is 1. The molecule has 2 heterocycles. The number of rotatable bonds is 4. The summed E-state index contributed by atoms with van der Waals surface area (Å²) in [6.07, 6.45) is 2.94. The van der Waals surface area contributed by atoms with Crippen molar-refractivity contribution in [1.82, 2.24) is 9.88 Å². The van der Waals surface area contributed by atoms with Gasteiger partial charge in [-0.3, -0.25) is 0 Å². The van der Waals surface area contributed by atoms with Crippen LogP contribution in [0.15, 0.2) is 18.3 Å². The second kappa shape index (κ2) is 5.65. The van der Waals surface area contributed by atoms with E-state index in [0.717, 1.165) is 18.8 Å². The highest BCUT2D eigenvalue weighted by Gasteiger charge is 2.20. The number of anilines is 1. The lowest BCUT2D eigenvalue weighted by Gasteiger charge is -2.14. The quantitative estimate of drug-likeness (QED) is 0.855. The molecule has 4 nitrogen and oxygen atoms in total. The van der Waals surface area contributed by atoms with E-state index in [9.17, 15) is 0 Å². The Morgan fingerprint density at radius 1 is 1.65 bits per heavy atom. The summed E-state index contributed by atoms with van der Waals surface area (Å²) in [6, 6.07) is 5.76. The van der Waals surface area contributed by atoms with Crippen LogP contribution in [0.2, 0.25) is 0 Å². The normalized spacial score (nSPS) is 20.1. The Morgan fingerprint density at radius 3 is 3.24 bits per heavy atom. The Balaban J connectivity index is 1.84. The van der Waals surface area contributed by atoms with Crippen LogP contribution in [0.3, 0.4) is 0 Å². The molecule has 4 heteroatoms. The van der Waals surface area contributed by atoms with E-state index >= 15 is 0 Å². The minimum Gasteiger partial charge on any atom is -0.385 e. The molecule has 1 aliphatic rings. The molecule has 90 valence electrons. The number of nitrogens with zero attached hydrogens (tertiary/aromatic N) is 3. The van der Waals surface area contributed by atoms with Gasteiger partial charge < -0.3 is 10.2 Å². The van der Waals surface area contributed by atoms with Crippen LogP contribution in [0.5, 0.6) is 0 Å². The maximum atomic E-state index is 8.76. The molecular formula is C13H18N4. The summed E-state index contributed by atoms with van der Waals surface area (Å²) in [6.45, 7) is 6.72. The van der Waals surface area contributed by atoms with E-state index in [-0.39, 0.29) is 0 Å². The number of likely N-dealkylation sites (tertiary alicyclic amines) is 1. The zero-order valence-electron chi connectivity index (χ0n) is 10.2. The summed E-state index contributed by atoms with van der Waals surface area (Å²) in [4.78, 5) is 6.43. The molecule has 1 unspecified atom stereocenters. The van der Waals surface area contributed by atoms with Crippen LogP contribution in [0.1, 0.15) is 19.0 Å². The van der Waals surface area contributed by atoms with Gasteiger partial charge in [-0.2, -0.15) is 5.26 Å². The van der Waals surface area contributed by atoms with Crippen LogP contribution in [0, 0.1) is 17.2 Å². The smallest absolute Gasteiger partial charge is 0.142 e. The largest absolute Gasteiger partial charge is 0.385 e. The predicted molar refractivity (Wildman–Crippen MR) is 67.7 cm³/mol. The molecule has 17 heavy (non-hydrogen) atoms. The van der Waals surface area contributed by atoms with Crippen LogP contribution in [0.25, 0.3) is 0 Å². The first kappa shape index (κ1) is 11.9. The van der Waals surface area contributed by atoms with Crippen molar-refractivity contribution in [3.63, 3.8) is 0 Å². The van der Waals surface area contributed by atoms with Crippen LogP contribution >= 0.6 is 0 Å². The highest BCUT2D eigenvalue weighted by molar-refractivity contribution is 5.45. The monoisotopic (exact) mass is 230 g/mol. The lowest BCUT2D eigenvalue weighted by molar-refractivity contribution is 0.345. The van der Waals surface area contributed by atoms with Crippen molar-refractivity contribution < 1.29 is 0 Å². The topological polar surface area (TPSA) is 52.0 Å². The highest BCUT2D eigenvalue weighted by Crippen LogP contribution is 2.17. The first-order valence-corrected chi connectivity index (χ1v) is 6.14. The number of nitrogens with one attached hydrogen (secondary N) is 1. The molecule has 1 aromatic rings. The Kier molecular flexibility index (Phi) is 3.94. The number of aromatic nitrogens is 1. The van der Waals surface area contributed by atoms with Gasteiger partial charge in [0.05, 0.1) is 0 Å². The zero-order valence-corrected chi connectivity index (χ0v) is 10.2. The van der Waals surface area contributed by atoms with Crippen molar-refractivity contribution >= 4 is 5.69 Å². The number of hydrogen-bond donors (Lipinski definition) is 1. The maximum absolute atomic E-state index is 8.76. The highest BCUT2D eigenvalue weighted by atomic mass is 15.1. The van der Waals surface area contributed by atoms with Gasteiger partial charge in [-0.1, -0.05) is 6.92 Å². The average molecular weight is 230 g/mol. The van der Waals surface area contributed by atoms with Crippen molar-refractivity contribution in [2.45, 2.75) is 13.3 Å². The van der Waals surface area contributed by atoms with Crippen molar-refractivity contribution in [3.8, 4) is 6.07 Å². The molecule has 2 rings (SSSR count). The predicted octanol–water partition coefficient (Wildman–Crippen LogP) is 1.71. The summed E-state index contributed by atoms with van der Waals surface area (Å²) < 4.78 is 0. The fraction of sp³-hybridized carbons (Fsp3) is 0.538. The van der Waals surface area contributed by atoms with Gasteiger partial charge in [0.1, 0.15) is 11.8 Å². The minimum atomic E-state index is 0.469. The number of pyridine rings is 1. The van der Waals surface area contributed by atoms with Gasteiger partial charge in [-0.15, -0.1) is 0 Å². The standard InChI is InChI=1S/C13H18N4/c1-2-17-6-4-11(10-17)9-16-12-3-5-15-13(7-12)8-14/h3,5,7,11H,2,4,6,9-10H2,1H3,(H,15,16). The first-order chi connectivity index (χ1) is 8.31. The zero-order chi connectivity index (χ0) is 12.1. The Labute approximate surface area is 102 Å². The molecule has 0 saturated carbocycles. The van der Waals surface area contributed by atoms with Crippen molar-refractivity contribution in [3.05, 3.63) is 24.0 Å². The van der Waals surface area contributed by atoms with Gasteiger partial charge >= 0.3 is 0 Å². The van der Waals surface area contributed by atoms with Crippen LogP contribution in [0.4, 0.5) is 5.69 Å². The molecule has 1 aliphatic heterocycles. The summed E-state index contributed by atoms with van der Waals surface area (Å²) in [7, 11) is 0.